The summed E-state index contributed by atoms with van der Waals surface area (Å²) in [6.45, 7) is 1.07. The van der Waals surface area contributed by atoms with Crippen molar-refractivity contribution in [2.45, 2.75) is 18.9 Å². The van der Waals surface area contributed by atoms with Gasteiger partial charge in [-0.15, -0.1) is 0 Å². The molecule has 144 valence electrons. The van der Waals surface area contributed by atoms with Gasteiger partial charge in [-0.1, -0.05) is 0 Å². The van der Waals surface area contributed by atoms with Gasteiger partial charge < -0.3 is 19.7 Å². The van der Waals surface area contributed by atoms with Gasteiger partial charge in [-0.3, -0.25) is 4.79 Å². The third-order valence-corrected chi connectivity index (χ3v) is 4.89. The Hall–Kier alpha value is -2.67. The van der Waals surface area contributed by atoms with Crippen LogP contribution in [0.2, 0.25) is 0 Å². The van der Waals surface area contributed by atoms with Crippen LogP contribution in [0, 0.1) is 11.6 Å². The lowest BCUT2D eigenvalue weighted by Crippen LogP contribution is -3.11. The molecule has 1 unspecified atom stereocenters. The second kappa shape index (κ2) is 8.35. The van der Waals surface area contributed by atoms with Crippen LogP contribution in [0.15, 0.2) is 36.4 Å². The van der Waals surface area contributed by atoms with E-state index in [1.54, 1.807) is 14.2 Å². The van der Waals surface area contributed by atoms with Crippen LogP contribution in [0.5, 0.6) is 11.5 Å². The summed E-state index contributed by atoms with van der Waals surface area (Å²) in [5, 5.41) is 2.64. The molecule has 7 heteroatoms. The molecule has 1 aliphatic rings. The molecule has 0 saturated carbocycles. The largest absolute Gasteiger partial charge is 0.497 e. The number of ether oxygens (including phenoxy) is 2. The van der Waals surface area contributed by atoms with Gasteiger partial charge in [-0.25, -0.2) is 8.78 Å². The molecule has 2 atom stereocenters. The third kappa shape index (κ3) is 4.36. The molecular weight excluding hydrogens is 354 g/mol. The van der Waals surface area contributed by atoms with E-state index in [0.717, 1.165) is 53.5 Å². The molecule has 0 bridgehead atoms. The van der Waals surface area contributed by atoms with Crippen LogP contribution in [0.3, 0.4) is 0 Å². The highest BCUT2D eigenvalue weighted by molar-refractivity contribution is 5.91. The standard InChI is InChI=1S/C20H22F2N2O3/c1-26-14-6-8-19(27-2)15(11-14)18-4-3-9-24(18)12-20(25)23-13-5-7-16(21)17(22)10-13/h5-8,10-11,18H,3-4,9,12H2,1-2H3,(H,23,25)/p+1/t18-/m1/s1. The molecular formula is C20H23F2N2O3+. The molecule has 0 aliphatic carbocycles. The summed E-state index contributed by atoms with van der Waals surface area (Å²) in [4.78, 5) is 13.5. The highest BCUT2D eigenvalue weighted by Gasteiger charge is 2.34. The second-order valence-electron chi connectivity index (χ2n) is 6.56. The van der Waals surface area contributed by atoms with E-state index in [1.807, 2.05) is 18.2 Å². The Morgan fingerprint density at radius 1 is 1.15 bits per heavy atom. The van der Waals surface area contributed by atoms with Crippen molar-refractivity contribution in [2.24, 2.45) is 0 Å². The minimum atomic E-state index is -0.986. The molecule has 0 radical (unpaired) electrons. The maximum Gasteiger partial charge on any atom is 0.279 e. The molecule has 2 aromatic carbocycles. The van der Waals surface area contributed by atoms with E-state index in [-0.39, 0.29) is 24.2 Å². The van der Waals surface area contributed by atoms with Crippen molar-refractivity contribution in [1.82, 2.24) is 0 Å². The number of hydrogen-bond acceptors (Lipinski definition) is 3. The minimum absolute atomic E-state index is 0.103. The Bertz CT molecular complexity index is 829. The summed E-state index contributed by atoms with van der Waals surface area (Å²) in [6.07, 6.45) is 1.91. The van der Waals surface area contributed by atoms with Crippen molar-refractivity contribution < 1.29 is 27.9 Å². The number of likely N-dealkylation sites (tertiary alicyclic amines) is 1. The summed E-state index contributed by atoms with van der Waals surface area (Å²) in [7, 11) is 3.23. The molecule has 2 aromatic rings. The van der Waals surface area contributed by atoms with Gasteiger partial charge in [0.2, 0.25) is 0 Å². The number of carbonyl (C=O) groups is 1. The van der Waals surface area contributed by atoms with Gasteiger partial charge in [-0.05, 0) is 30.3 Å². The number of halogens is 2. The number of benzene rings is 2. The van der Waals surface area contributed by atoms with Crippen LogP contribution >= 0.6 is 0 Å². The first-order valence-corrected chi connectivity index (χ1v) is 8.83. The lowest BCUT2D eigenvalue weighted by Gasteiger charge is -2.23. The van der Waals surface area contributed by atoms with E-state index in [9.17, 15) is 13.6 Å². The van der Waals surface area contributed by atoms with Crippen molar-refractivity contribution in [3.63, 3.8) is 0 Å². The monoisotopic (exact) mass is 377 g/mol. The smallest absolute Gasteiger partial charge is 0.279 e. The second-order valence-corrected chi connectivity index (χ2v) is 6.56. The van der Waals surface area contributed by atoms with Crippen LogP contribution in [0.25, 0.3) is 0 Å². The lowest BCUT2D eigenvalue weighted by atomic mass is 10.0. The molecule has 1 aliphatic heterocycles. The van der Waals surface area contributed by atoms with Crippen LogP contribution in [0.4, 0.5) is 14.5 Å². The zero-order valence-corrected chi connectivity index (χ0v) is 15.4. The Balaban J connectivity index is 1.73. The zero-order chi connectivity index (χ0) is 19.4. The number of amides is 1. The van der Waals surface area contributed by atoms with Gasteiger partial charge in [-0.2, -0.15) is 0 Å². The van der Waals surface area contributed by atoms with Gasteiger partial charge in [0.15, 0.2) is 18.2 Å². The van der Waals surface area contributed by atoms with E-state index >= 15 is 0 Å². The van der Waals surface area contributed by atoms with E-state index in [0.29, 0.717) is 0 Å². The lowest BCUT2D eigenvalue weighted by molar-refractivity contribution is -0.910. The molecule has 0 spiro atoms. The van der Waals surface area contributed by atoms with Crippen LogP contribution in [-0.4, -0.2) is 33.2 Å². The summed E-state index contributed by atoms with van der Waals surface area (Å²) in [6, 6.07) is 9.08. The third-order valence-electron chi connectivity index (χ3n) is 4.89. The molecule has 1 saturated heterocycles. The highest BCUT2D eigenvalue weighted by atomic mass is 19.2. The maximum absolute atomic E-state index is 13.3. The van der Waals surface area contributed by atoms with Crippen molar-refractivity contribution in [2.75, 3.05) is 32.6 Å². The first-order valence-electron chi connectivity index (χ1n) is 8.83. The first-order chi connectivity index (χ1) is 13.0. The van der Waals surface area contributed by atoms with E-state index in [2.05, 4.69) is 5.32 Å². The number of quaternary nitrogens is 1. The number of anilines is 1. The zero-order valence-electron chi connectivity index (χ0n) is 15.4. The maximum atomic E-state index is 13.3. The van der Waals surface area contributed by atoms with Crippen molar-refractivity contribution in [3.8, 4) is 11.5 Å². The molecule has 3 rings (SSSR count). The summed E-state index contributed by atoms with van der Waals surface area (Å²) in [5.41, 5.74) is 1.25. The van der Waals surface area contributed by atoms with Crippen LogP contribution in [0.1, 0.15) is 24.4 Å². The van der Waals surface area contributed by atoms with E-state index < -0.39 is 11.6 Å². The predicted octanol–water partition coefficient (Wildman–Crippen LogP) is 2.34. The molecule has 1 fully saturated rings. The SMILES string of the molecule is COc1ccc(OC)c([C@H]2CCC[NH+]2CC(=O)Nc2ccc(F)c(F)c2)c1. The normalized spacial score (nSPS) is 19.0. The van der Waals surface area contributed by atoms with Crippen molar-refractivity contribution in [1.29, 1.82) is 0 Å². The average Bonchev–Trinajstić information content (AvgIpc) is 3.11. The summed E-state index contributed by atoms with van der Waals surface area (Å²) in [5.74, 6) is -0.669. The molecule has 1 heterocycles. The topological polar surface area (TPSA) is 52.0 Å². The molecule has 5 nitrogen and oxygen atoms in total. The fourth-order valence-corrected chi connectivity index (χ4v) is 3.60. The minimum Gasteiger partial charge on any atom is -0.497 e. The van der Waals surface area contributed by atoms with Crippen LogP contribution in [-0.2, 0) is 4.79 Å². The van der Waals surface area contributed by atoms with Gasteiger partial charge in [0.1, 0.15) is 17.5 Å². The fourth-order valence-electron chi connectivity index (χ4n) is 3.60. The van der Waals surface area contributed by atoms with Gasteiger partial charge >= 0.3 is 0 Å². The van der Waals surface area contributed by atoms with Gasteiger partial charge in [0, 0.05) is 24.6 Å². The number of nitrogens with one attached hydrogen (secondary N) is 2. The molecule has 0 aromatic heterocycles. The quantitative estimate of drug-likeness (QED) is 0.813. The predicted molar refractivity (Wildman–Crippen MR) is 97.2 cm³/mol. The van der Waals surface area contributed by atoms with Gasteiger partial charge in [0.25, 0.3) is 5.91 Å². The first kappa shape index (κ1) is 19.1. The number of methoxy groups -OCH3 is 2. The Labute approximate surface area is 156 Å². The fraction of sp³-hybridized carbons (Fsp3) is 0.350. The Morgan fingerprint density at radius 2 is 1.96 bits per heavy atom. The molecule has 1 amide bonds. The molecule has 2 N–H and O–H groups in total. The number of carbonyl (C=O) groups excluding carboxylic acids is 1. The van der Waals surface area contributed by atoms with E-state index in [4.69, 9.17) is 9.47 Å². The average molecular weight is 377 g/mol. The van der Waals surface area contributed by atoms with Crippen molar-refractivity contribution >= 4 is 11.6 Å². The Kier molecular flexibility index (Phi) is 5.91. The highest BCUT2D eigenvalue weighted by Crippen LogP contribution is 2.31. The Morgan fingerprint density at radius 3 is 2.67 bits per heavy atom. The van der Waals surface area contributed by atoms with E-state index in [1.165, 1.54) is 6.07 Å². The van der Waals surface area contributed by atoms with Crippen molar-refractivity contribution in [3.05, 3.63) is 53.6 Å². The summed E-state index contributed by atoms with van der Waals surface area (Å²) < 4.78 is 37.1. The molecule has 27 heavy (non-hydrogen) atoms. The van der Waals surface area contributed by atoms with Crippen LogP contribution < -0.4 is 19.7 Å². The number of hydrogen-bond donors (Lipinski definition) is 2. The summed E-state index contributed by atoms with van der Waals surface area (Å²) >= 11 is 0. The van der Waals surface area contributed by atoms with Gasteiger partial charge in [0.05, 0.1) is 26.3 Å². The number of rotatable bonds is 6.